The summed E-state index contributed by atoms with van der Waals surface area (Å²) < 4.78 is 4.78. The van der Waals surface area contributed by atoms with Gasteiger partial charge in [-0.15, -0.1) is 0 Å². The average Bonchev–Trinajstić information content (AvgIpc) is 2.78. The molecule has 0 aliphatic heterocycles. The minimum Gasteiger partial charge on any atom is -0.469 e. The summed E-state index contributed by atoms with van der Waals surface area (Å²) in [5.41, 5.74) is 2.06. The molecule has 2 atom stereocenters. The van der Waals surface area contributed by atoms with Crippen LogP contribution in [0, 0.1) is 5.92 Å². The van der Waals surface area contributed by atoms with Crippen molar-refractivity contribution in [1.82, 2.24) is 0 Å². The van der Waals surface area contributed by atoms with E-state index in [1.54, 1.807) is 0 Å². The fraction of sp³-hybridized carbons (Fsp3) is 0.462. The van der Waals surface area contributed by atoms with Gasteiger partial charge in [-0.1, -0.05) is 29.7 Å². The second-order valence-corrected chi connectivity index (χ2v) is 4.40. The topological polar surface area (TPSA) is 26.3 Å². The highest BCUT2D eigenvalue weighted by Crippen LogP contribution is 2.38. The van der Waals surface area contributed by atoms with Gasteiger partial charge in [-0.05, 0) is 30.7 Å². The number of hydrogen-bond donors (Lipinski definition) is 0. The van der Waals surface area contributed by atoms with Gasteiger partial charge in [0.15, 0.2) is 0 Å². The molecule has 82 valence electrons. The second-order valence-electron chi connectivity index (χ2n) is 4.40. The number of methoxy groups -OCH3 is 1. The first kappa shape index (κ1) is 11.2. The van der Waals surface area contributed by atoms with Gasteiger partial charge in [0, 0.05) is 0 Å². The number of ether oxygens (including phenoxy) is 1. The summed E-state index contributed by atoms with van der Waals surface area (Å²) in [5.74, 6) is 0.482. The molecule has 1 aromatic rings. The highest BCUT2D eigenvalue weighted by molar-refractivity contribution is 6.32. The SMILES string of the molecule is [B]c1ccc([C@H]2CC[C@H](C(=O)OC)C2)cc1. The Morgan fingerprint density at radius 2 is 2.00 bits per heavy atom. The zero-order valence-electron chi connectivity index (χ0n) is 9.48. The van der Waals surface area contributed by atoms with E-state index < -0.39 is 0 Å². The molecule has 0 unspecified atom stereocenters. The third-order valence-electron chi connectivity index (χ3n) is 3.38. The lowest BCUT2D eigenvalue weighted by Crippen LogP contribution is -2.12. The molecule has 1 aliphatic carbocycles. The van der Waals surface area contributed by atoms with E-state index in [9.17, 15) is 4.79 Å². The molecule has 16 heavy (non-hydrogen) atoms. The minimum atomic E-state index is -0.0713. The Bertz CT molecular complexity index is 372. The van der Waals surface area contributed by atoms with Crippen LogP contribution in [0.15, 0.2) is 24.3 Å². The van der Waals surface area contributed by atoms with Crippen molar-refractivity contribution >= 4 is 19.3 Å². The molecule has 0 N–H and O–H groups in total. The second kappa shape index (κ2) is 4.73. The van der Waals surface area contributed by atoms with E-state index >= 15 is 0 Å². The number of benzene rings is 1. The van der Waals surface area contributed by atoms with Gasteiger partial charge >= 0.3 is 5.97 Å². The molecule has 1 fully saturated rings. The largest absolute Gasteiger partial charge is 0.469 e. The molecule has 0 heterocycles. The Labute approximate surface area is 97.4 Å². The quantitative estimate of drug-likeness (QED) is 0.551. The Hall–Kier alpha value is -1.25. The number of esters is 1. The maximum atomic E-state index is 11.4. The molecule has 2 nitrogen and oxygen atoms in total. The molecule has 2 rings (SSSR count). The van der Waals surface area contributed by atoms with Crippen molar-refractivity contribution in [3.05, 3.63) is 29.8 Å². The van der Waals surface area contributed by atoms with Crippen molar-refractivity contribution in [2.75, 3.05) is 7.11 Å². The third kappa shape index (κ3) is 2.29. The van der Waals surface area contributed by atoms with E-state index in [0.29, 0.717) is 5.92 Å². The fourth-order valence-electron chi connectivity index (χ4n) is 2.43. The van der Waals surface area contributed by atoms with E-state index in [1.165, 1.54) is 12.7 Å². The molecular weight excluding hydrogens is 199 g/mol. The van der Waals surface area contributed by atoms with Crippen LogP contribution in [-0.4, -0.2) is 20.9 Å². The summed E-state index contributed by atoms with van der Waals surface area (Å²) in [6.45, 7) is 0. The standard InChI is InChI=1S/C13H15BO2/c1-16-13(15)11-3-2-10(8-11)9-4-6-12(14)7-5-9/h4-7,10-11H,2-3,8H2,1H3/t10-,11-/m0/s1. The molecule has 1 aromatic carbocycles. The molecule has 1 aliphatic rings. The van der Waals surface area contributed by atoms with Crippen molar-refractivity contribution in [3.8, 4) is 0 Å². The van der Waals surface area contributed by atoms with Crippen molar-refractivity contribution in [3.63, 3.8) is 0 Å². The van der Waals surface area contributed by atoms with Gasteiger partial charge in [-0.25, -0.2) is 0 Å². The molecule has 0 saturated heterocycles. The first-order valence-corrected chi connectivity index (χ1v) is 5.64. The molecule has 0 spiro atoms. The Kier molecular flexibility index (Phi) is 3.32. The summed E-state index contributed by atoms with van der Waals surface area (Å²) in [4.78, 5) is 11.4. The van der Waals surface area contributed by atoms with Crippen LogP contribution in [0.3, 0.4) is 0 Å². The zero-order chi connectivity index (χ0) is 11.5. The third-order valence-corrected chi connectivity index (χ3v) is 3.38. The van der Waals surface area contributed by atoms with E-state index in [4.69, 9.17) is 12.6 Å². The zero-order valence-corrected chi connectivity index (χ0v) is 9.48. The Balaban J connectivity index is 2.03. The van der Waals surface area contributed by atoms with Crippen LogP contribution in [0.25, 0.3) is 0 Å². The van der Waals surface area contributed by atoms with E-state index in [0.717, 1.165) is 24.7 Å². The van der Waals surface area contributed by atoms with Crippen molar-refractivity contribution < 1.29 is 9.53 Å². The molecule has 3 heteroatoms. The first-order valence-electron chi connectivity index (χ1n) is 5.64. The van der Waals surface area contributed by atoms with Gasteiger partial charge < -0.3 is 4.74 Å². The predicted octanol–water partition coefficient (Wildman–Crippen LogP) is 1.54. The summed E-state index contributed by atoms with van der Waals surface area (Å²) in [5, 5.41) is 0. The molecule has 0 aromatic heterocycles. The number of carbonyl (C=O) groups is 1. The lowest BCUT2D eigenvalue weighted by molar-refractivity contribution is -0.145. The lowest BCUT2D eigenvalue weighted by atomic mass is 9.90. The Morgan fingerprint density at radius 3 is 2.62 bits per heavy atom. The number of hydrogen-bond acceptors (Lipinski definition) is 2. The Morgan fingerprint density at radius 1 is 1.31 bits per heavy atom. The average molecular weight is 214 g/mol. The normalized spacial score (nSPS) is 24.3. The maximum absolute atomic E-state index is 11.4. The molecule has 0 bridgehead atoms. The molecule has 1 saturated carbocycles. The van der Waals surface area contributed by atoms with Crippen LogP contribution in [0.4, 0.5) is 0 Å². The summed E-state index contributed by atoms with van der Waals surface area (Å²) in [7, 11) is 7.11. The van der Waals surface area contributed by atoms with Crippen molar-refractivity contribution in [1.29, 1.82) is 0 Å². The van der Waals surface area contributed by atoms with Crippen LogP contribution in [0.2, 0.25) is 0 Å². The first-order chi connectivity index (χ1) is 7.70. The van der Waals surface area contributed by atoms with Gasteiger partial charge in [0.1, 0.15) is 7.85 Å². The van der Waals surface area contributed by atoms with Crippen molar-refractivity contribution in [2.45, 2.75) is 25.2 Å². The van der Waals surface area contributed by atoms with Crippen molar-refractivity contribution in [2.24, 2.45) is 5.92 Å². The summed E-state index contributed by atoms with van der Waals surface area (Å²) >= 11 is 0. The summed E-state index contributed by atoms with van der Waals surface area (Å²) in [6.07, 6.45) is 2.89. The van der Waals surface area contributed by atoms with Gasteiger partial charge in [-0.2, -0.15) is 0 Å². The predicted molar refractivity (Wildman–Crippen MR) is 63.9 cm³/mol. The number of rotatable bonds is 2. The maximum Gasteiger partial charge on any atom is 0.308 e. The monoisotopic (exact) mass is 214 g/mol. The minimum absolute atomic E-state index is 0.0713. The molecule has 2 radical (unpaired) electrons. The van der Waals surface area contributed by atoms with Crippen LogP contribution >= 0.6 is 0 Å². The van der Waals surface area contributed by atoms with E-state index in [2.05, 4.69) is 12.1 Å². The van der Waals surface area contributed by atoms with Crippen LogP contribution < -0.4 is 5.46 Å². The highest BCUT2D eigenvalue weighted by Gasteiger charge is 2.31. The van der Waals surface area contributed by atoms with Gasteiger partial charge in [0.2, 0.25) is 0 Å². The number of carbonyl (C=O) groups excluding carboxylic acids is 1. The smallest absolute Gasteiger partial charge is 0.308 e. The fourth-order valence-corrected chi connectivity index (χ4v) is 2.43. The van der Waals surface area contributed by atoms with Gasteiger partial charge in [-0.3, -0.25) is 4.79 Å². The van der Waals surface area contributed by atoms with E-state index in [1.807, 2.05) is 12.1 Å². The van der Waals surface area contributed by atoms with Gasteiger partial charge in [0.05, 0.1) is 13.0 Å². The van der Waals surface area contributed by atoms with Gasteiger partial charge in [0.25, 0.3) is 0 Å². The lowest BCUT2D eigenvalue weighted by Gasteiger charge is -2.10. The van der Waals surface area contributed by atoms with Crippen LogP contribution in [-0.2, 0) is 9.53 Å². The highest BCUT2D eigenvalue weighted by atomic mass is 16.5. The molecular formula is C13H15BO2. The van der Waals surface area contributed by atoms with Crippen LogP contribution in [0.1, 0.15) is 30.7 Å². The van der Waals surface area contributed by atoms with Crippen LogP contribution in [0.5, 0.6) is 0 Å². The summed E-state index contributed by atoms with van der Waals surface area (Å²) in [6, 6.07) is 7.95. The molecule has 0 amide bonds. The van der Waals surface area contributed by atoms with E-state index in [-0.39, 0.29) is 11.9 Å².